The standard InChI is InChI=1S/C35H42N6O3S/c1-38-18-16-35(17-19-38,33(43)36-29-12-14-30(15-13-29)39-20-22-44-23-21-39)41(24-27-8-4-2-5-9-27)32(42)26-40-25-31(37-34(40)45)28-10-6-3-7-11-28/h2-15,31H,16-26H2,1H3,(H,36,43)(H,37,45). The molecule has 1 unspecified atom stereocenters. The van der Waals surface area contributed by atoms with Crippen molar-refractivity contribution in [2.24, 2.45) is 0 Å². The van der Waals surface area contributed by atoms with Gasteiger partial charge in [-0.2, -0.15) is 0 Å². The SMILES string of the molecule is CN1CCC(C(=O)Nc2ccc(N3CCOCC3)cc2)(N(Cc2ccccc2)C(=O)CN2CC(c3ccccc3)NC2=S)CC1. The summed E-state index contributed by atoms with van der Waals surface area (Å²) in [5.74, 6) is -0.262. The number of carbonyl (C=O) groups excluding carboxylic acids is 2. The molecule has 2 amide bonds. The molecular formula is C35H42N6O3S. The van der Waals surface area contributed by atoms with Gasteiger partial charge in [0.1, 0.15) is 5.54 Å². The molecule has 3 fully saturated rings. The van der Waals surface area contributed by atoms with Crippen molar-refractivity contribution >= 4 is 40.5 Å². The van der Waals surface area contributed by atoms with Gasteiger partial charge in [0, 0.05) is 50.6 Å². The first-order valence-electron chi connectivity index (χ1n) is 15.8. The van der Waals surface area contributed by atoms with Crippen molar-refractivity contribution in [3.8, 4) is 0 Å². The quantitative estimate of drug-likeness (QED) is 0.347. The fourth-order valence-corrected chi connectivity index (χ4v) is 6.81. The number of piperidine rings is 1. The summed E-state index contributed by atoms with van der Waals surface area (Å²) in [5.41, 5.74) is 2.92. The summed E-state index contributed by atoms with van der Waals surface area (Å²) in [6.07, 6.45) is 1.07. The maximum atomic E-state index is 14.5. The maximum Gasteiger partial charge on any atom is 0.250 e. The van der Waals surface area contributed by atoms with Crippen molar-refractivity contribution in [2.45, 2.75) is 31.0 Å². The van der Waals surface area contributed by atoms with Gasteiger partial charge in [0.05, 0.1) is 25.8 Å². The second-order valence-corrected chi connectivity index (χ2v) is 12.6. The van der Waals surface area contributed by atoms with Crippen LogP contribution in [0.4, 0.5) is 11.4 Å². The van der Waals surface area contributed by atoms with Crippen LogP contribution < -0.4 is 15.5 Å². The molecule has 9 nitrogen and oxygen atoms in total. The highest BCUT2D eigenvalue weighted by Gasteiger charge is 2.48. The van der Waals surface area contributed by atoms with E-state index in [1.54, 1.807) is 0 Å². The molecule has 3 aromatic carbocycles. The van der Waals surface area contributed by atoms with Gasteiger partial charge in [0.2, 0.25) is 11.8 Å². The highest BCUT2D eigenvalue weighted by Crippen LogP contribution is 2.33. The Balaban J connectivity index is 1.25. The number of anilines is 2. The zero-order chi connectivity index (χ0) is 31.2. The molecule has 2 N–H and O–H groups in total. The number of ether oxygens (including phenoxy) is 1. The number of rotatable bonds is 9. The lowest BCUT2D eigenvalue weighted by atomic mass is 9.83. The summed E-state index contributed by atoms with van der Waals surface area (Å²) < 4.78 is 5.49. The van der Waals surface area contributed by atoms with Crippen LogP contribution >= 0.6 is 12.2 Å². The van der Waals surface area contributed by atoms with Crippen molar-refractivity contribution in [2.75, 3.05) is 69.7 Å². The largest absolute Gasteiger partial charge is 0.378 e. The number of carbonyl (C=O) groups is 2. The van der Waals surface area contributed by atoms with Crippen molar-refractivity contribution in [1.82, 2.24) is 20.0 Å². The van der Waals surface area contributed by atoms with Crippen LogP contribution in [0.2, 0.25) is 0 Å². The number of benzene rings is 3. The number of likely N-dealkylation sites (tertiary alicyclic amines) is 1. The monoisotopic (exact) mass is 626 g/mol. The zero-order valence-electron chi connectivity index (χ0n) is 25.9. The van der Waals surface area contributed by atoms with E-state index < -0.39 is 5.54 Å². The molecule has 3 saturated heterocycles. The van der Waals surface area contributed by atoms with Gasteiger partial charge in [0.25, 0.3) is 0 Å². The van der Waals surface area contributed by atoms with E-state index >= 15 is 0 Å². The lowest BCUT2D eigenvalue weighted by Crippen LogP contribution is -2.64. The van der Waals surface area contributed by atoms with Crippen LogP contribution in [-0.2, 0) is 20.9 Å². The Morgan fingerprint density at radius 3 is 2.24 bits per heavy atom. The zero-order valence-corrected chi connectivity index (χ0v) is 26.7. The third-order valence-corrected chi connectivity index (χ3v) is 9.63. The van der Waals surface area contributed by atoms with Crippen LogP contribution in [0.15, 0.2) is 84.9 Å². The molecule has 0 spiro atoms. The molecule has 0 saturated carbocycles. The fourth-order valence-electron chi connectivity index (χ4n) is 6.53. The van der Waals surface area contributed by atoms with Gasteiger partial charge >= 0.3 is 0 Å². The molecule has 10 heteroatoms. The molecule has 3 aliphatic rings. The second kappa shape index (κ2) is 14.0. The van der Waals surface area contributed by atoms with Gasteiger partial charge in [-0.1, -0.05) is 60.7 Å². The van der Waals surface area contributed by atoms with E-state index in [1.165, 1.54) is 0 Å². The summed E-state index contributed by atoms with van der Waals surface area (Å²) in [6, 6.07) is 28.1. The molecule has 1 atom stereocenters. The Morgan fingerprint density at radius 2 is 1.58 bits per heavy atom. The van der Waals surface area contributed by atoms with Gasteiger partial charge in [-0.15, -0.1) is 0 Å². The van der Waals surface area contributed by atoms with E-state index in [4.69, 9.17) is 17.0 Å². The third-order valence-electron chi connectivity index (χ3n) is 9.26. The van der Waals surface area contributed by atoms with Crippen molar-refractivity contribution in [3.63, 3.8) is 0 Å². The Morgan fingerprint density at radius 1 is 0.933 bits per heavy atom. The van der Waals surface area contributed by atoms with E-state index in [-0.39, 0.29) is 24.4 Å². The first kappa shape index (κ1) is 31.0. The first-order chi connectivity index (χ1) is 21.9. The van der Waals surface area contributed by atoms with Crippen molar-refractivity contribution < 1.29 is 14.3 Å². The van der Waals surface area contributed by atoms with Crippen LogP contribution in [0, 0.1) is 0 Å². The van der Waals surface area contributed by atoms with Crippen LogP contribution in [0.25, 0.3) is 0 Å². The lowest BCUT2D eigenvalue weighted by molar-refractivity contribution is -0.149. The minimum absolute atomic E-state index is 0.00935. The van der Waals surface area contributed by atoms with Crippen molar-refractivity contribution in [3.05, 3.63) is 96.1 Å². The smallest absolute Gasteiger partial charge is 0.250 e. The van der Waals surface area contributed by atoms with Crippen LogP contribution in [0.1, 0.15) is 30.0 Å². The molecule has 0 aliphatic carbocycles. The minimum atomic E-state index is -1.02. The highest BCUT2D eigenvalue weighted by molar-refractivity contribution is 7.80. The van der Waals surface area contributed by atoms with Gasteiger partial charge < -0.3 is 35.0 Å². The van der Waals surface area contributed by atoms with E-state index in [0.717, 1.165) is 35.6 Å². The second-order valence-electron chi connectivity index (χ2n) is 12.2. The topological polar surface area (TPSA) is 80.4 Å². The van der Waals surface area contributed by atoms with Gasteiger partial charge in [0.15, 0.2) is 5.11 Å². The number of hydrogen-bond donors (Lipinski definition) is 2. The van der Waals surface area contributed by atoms with E-state index in [9.17, 15) is 9.59 Å². The number of nitrogens with zero attached hydrogens (tertiary/aromatic N) is 4. The highest BCUT2D eigenvalue weighted by atomic mass is 32.1. The molecule has 0 aromatic heterocycles. The summed E-state index contributed by atoms with van der Waals surface area (Å²) >= 11 is 5.70. The Labute approximate surface area is 271 Å². The molecular weight excluding hydrogens is 584 g/mol. The predicted octanol–water partition coefficient (Wildman–Crippen LogP) is 3.89. The molecule has 3 aromatic rings. The van der Waals surface area contributed by atoms with E-state index in [1.807, 2.05) is 82.6 Å². The van der Waals surface area contributed by atoms with Crippen LogP contribution in [-0.4, -0.2) is 96.7 Å². The molecule has 236 valence electrons. The number of thiocarbonyl (C=S) groups is 1. The van der Waals surface area contributed by atoms with Gasteiger partial charge in [-0.3, -0.25) is 9.59 Å². The van der Waals surface area contributed by atoms with Crippen LogP contribution in [0.5, 0.6) is 0 Å². The predicted molar refractivity (Wildman–Crippen MR) is 181 cm³/mol. The van der Waals surface area contributed by atoms with Gasteiger partial charge in [-0.05, 0) is 67.5 Å². The molecule has 3 heterocycles. The normalized spacial score (nSPS) is 20.0. The molecule has 0 radical (unpaired) electrons. The Kier molecular flexibility index (Phi) is 9.63. The Bertz CT molecular complexity index is 1460. The summed E-state index contributed by atoms with van der Waals surface area (Å²) in [7, 11) is 2.06. The average Bonchev–Trinajstić information content (AvgIpc) is 3.45. The third kappa shape index (κ3) is 7.13. The average molecular weight is 627 g/mol. The molecule has 45 heavy (non-hydrogen) atoms. The van der Waals surface area contributed by atoms with Crippen molar-refractivity contribution in [1.29, 1.82) is 0 Å². The van der Waals surface area contributed by atoms with Crippen LogP contribution in [0.3, 0.4) is 0 Å². The summed E-state index contributed by atoms with van der Waals surface area (Å²) in [6.45, 7) is 5.57. The lowest BCUT2D eigenvalue weighted by Gasteiger charge is -2.47. The first-order valence-corrected chi connectivity index (χ1v) is 16.2. The molecule has 3 aliphatic heterocycles. The number of hydrogen-bond acceptors (Lipinski definition) is 6. The number of nitrogens with one attached hydrogen (secondary N) is 2. The maximum absolute atomic E-state index is 14.5. The minimum Gasteiger partial charge on any atom is -0.378 e. The molecule has 0 bridgehead atoms. The molecule has 6 rings (SSSR count). The summed E-state index contributed by atoms with van der Waals surface area (Å²) in [5, 5.41) is 7.14. The Hall–Kier alpha value is -3.99. The summed E-state index contributed by atoms with van der Waals surface area (Å²) in [4.78, 5) is 37.2. The van der Waals surface area contributed by atoms with E-state index in [2.05, 4.69) is 39.6 Å². The van der Waals surface area contributed by atoms with Gasteiger partial charge in [-0.25, -0.2) is 0 Å². The number of morpholine rings is 1. The fraction of sp³-hybridized carbons (Fsp3) is 0.400. The van der Waals surface area contributed by atoms with E-state index in [0.29, 0.717) is 57.3 Å². The number of amides is 2.